The zero-order chi connectivity index (χ0) is 20.4. The van der Waals surface area contributed by atoms with Gasteiger partial charge in [0, 0.05) is 18.8 Å². The molecule has 8 heteroatoms. The van der Waals surface area contributed by atoms with Crippen LogP contribution in [0.5, 0.6) is 0 Å². The highest BCUT2D eigenvalue weighted by Gasteiger charge is 2.21. The van der Waals surface area contributed by atoms with Crippen LogP contribution in [0.15, 0.2) is 29.6 Å². The van der Waals surface area contributed by atoms with Crippen molar-refractivity contribution < 1.29 is 4.79 Å². The Bertz CT molecular complexity index is 1040. The summed E-state index contributed by atoms with van der Waals surface area (Å²) < 4.78 is 0.963. The summed E-state index contributed by atoms with van der Waals surface area (Å²) in [7, 11) is 0. The topological polar surface area (TPSA) is 71.0 Å². The zero-order valence-electron chi connectivity index (χ0n) is 16.9. The van der Waals surface area contributed by atoms with Crippen LogP contribution >= 0.6 is 23.1 Å². The summed E-state index contributed by atoms with van der Waals surface area (Å²) in [6.07, 6.45) is 4.01. The highest BCUT2D eigenvalue weighted by molar-refractivity contribution is 8.00. The fraction of sp³-hybridized carbons (Fsp3) is 0.429. The van der Waals surface area contributed by atoms with E-state index in [0.717, 1.165) is 44.8 Å². The number of amides is 1. The number of hydrogen-bond acceptors (Lipinski definition) is 7. The molecule has 0 spiro atoms. The van der Waals surface area contributed by atoms with E-state index in [4.69, 9.17) is 4.98 Å². The van der Waals surface area contributed by atoms with Gasteiger partial charge in [-0.25, -0.2) is 9.97 Å². The Morgan fingerprint density at radius 1 is 1.34 bits per heavy atom. The second-order valence-electron chi connectivity index (χ2n) is 7.68. The van der Waals surface area contributed by atoms with Crippen molar-refractivity contribution in [3.05, 3.63) is 35.7 Å². The van der Waals surface area contributed by atoms with Crippen molar-refractivity contribution in [1.82, 2.24) is 15.0 Å². The molecule has 1 aromatic carbocycles. The zero-order valence-corrected chi connectivity index (χ0v) is 18.6. The minimum Gasteiger partial charge on any atom is -0.348 e. The van der Waals surface area contributed by atoms with Gasteiger partial charge in [-0.15, -0.1) is 0 Å². The van der Waals surface area contributed by atoms with E-state index < -0.39 is 0 Å². The molecule has 0 aliphatic carbocycles. The van der Waals surface area contributed by atoms with Crippen molar-refractivity contribution in [3.63, 3.8) is 0 Å². The molecule has 1 fully saturated rings. The van der Waals surface area contributed by atoms with E-state index in [1.807, 2.05) is 26.0 Å². The van der Waals surface area contributed by atoms with E-state index in [0.29, 0.717) is 11.7 Å². The Kier molecular flexibility index (Phi) is 6.01. The number of benzene rings is 1. The SMILES string of the molecule is Cc1ccc(NC(=O)CSc2ncnc3nc(N4CCC[C@@H](C)C4)sc23)c(C)c1. The van der Waals surface area contributed by atoms with Gasteiger partial charge in [-0.05, 0) is 44.2 Å². The molecule has 0 bridgehead atoms. The number of hydrogen-bond donors (Lipinski definition) is 1. The lowest BCUT2D eigenvalue weighted by Gasteiger charge is -2.30. The van der Waals surface area contributed by atoms with Gasteiger partial charge in [0.25, 0.3) is 0 Å². The smallest absolute Gasteiger partial charge is 0.234 e. The number of piperidine rings is 1. The Morgan fingerprint density at radius 2 is 2.21 bits per heavy atom. The third kappa shape index (κ3) is 4.70. The van der Waals surface area contributed by atoms with Crippen molar-refractivity contribution in [3.8, 4) is 0 Å². The number of carbonyl (C=O) groups excluding carboxylic acids is 1. The number of nitrogens with one attached hydrogen (secondary N) is 1. The number of carbonyl (C=O) groups is 1. The molecule has 1 atom stereocenters. The molecule has 3 heterocycles. The van der Waals surface area contributed by atoms with Crippen LogP contribution in [-0.4, -0.2) is 39.7 Å². The predicted molar refractivity (Wildman–Crippen MR) is 121 cm³/mol. The molecule has 0 radical (unpaired) electrons. The lowest BCUT2D eigenvalue weighted by molar-refractivity contribution is -0.113. The molecule has 1 N–H and O–H groups in total. The van der Waals surface area contributed by atoms with E-state index in [1.54, 1.807) is 11.3 Å². The maximum atomic E-state index is 12.5. The number of anilines is 2. The molecule has 1 amide bonds. The van der Waals surface area contributed by atoms with Gasteiger partial charge in [-0.3, -0.25) is 4.79 Å². The first-order chi connectivity index (χ1) is 14.0. The lowest BCUT2D eigenvalue weighted by Crippen LogP contribution is -2.34. The van der Waals surface area contributed by atoms with Crippen molar-refractivity contribution >= 4 is 50.2 Å². The van der Waals surface area contributed by atoms with Gasteiger partial charge in [-0.1, -0.05) is 47.7 Å². The molecule has 152 valence electrons. The van der Waals surface area contributed by atoms with Crippen LogP contribution in [0.4, 0.5) is 10.8 Å². The van der Waals surface area contributed by atoms with E-state index in [-0.39, 0.29) is 5.91 Å². The van der Waals surface area contributed by atoms with Crippen molar-refractivity contribution in [2.75, 3.05) is 29.1 Å². The maximum Gasteiger partial charge on any atom is 0.234 e. The molecule has 6 nitrogen and oxygen atoms in total. The van der Waals surface area contributed by atoms with E-state index in [2.05, 4.69) is 33.2 Å². The van der Waals surface area contributed by atoms with Crippen LogP contribution in [0.2, 0.25) is 0 Å². The van der Waals surface area contributed by atoms with Gasteiger partial charge in [0.2, 0.25) is 5.91 Å². The van der Waals surface area contributed by atoms with Gasteiger partial charge < -0.3 is 10.2 Å². The largest absolute Gasteiger partial charge is 0.348 e. The number of aromatic nitrogens is 3. The maximum absolute atomic E-state index is 12.5. The molecular weight excluding hydrogens is 402 g/mol. The molecular formula is C21H25N5OS2. The molecule has 1 aliphatic heterocycles. The fourth-order valence-electron chi connectivity index (χ4n) is 3.60. The summed E-state index contributed by atoms with van der Waals surface area (Å²) in [4.78, 5) is 28.3. The molecule has 0 unspecified atom stereocenters. The molecule has 29 heavy (non-hydrogen) atoms. The number of thiazole rings is 1. The van der Waals surface area contributed by atoms with Crippen LogP contribution < -0.4 is 10.2 Å². The third-order valence-electron chi connectivity index (χ3n) is 5.07. The number of rotatable bonds is 5. The normalized spacial score (nSPS) is 16.9. The molecule has 0 saturated carbocycles. The second-order valence-corrected chi connectivity index (χ2v) is 9.62. The van der Waals surface area contributed by atoms with Crippen LogP contribution in [0.3, 0.4) is 0 Å². The van der Waals surface area contributed by atoms with Gasteiger partial charge in [0.15, 0.2) is 10.8 Å². The van der Waals surface area contributed by atoms with E-state index >= 15 is 0 Å². The number of thioether (sulfide) groups is 1. The van der Waals surface area contributed by atoms with E-state index in [1.165, 1.54) is 36.5 Å². The van der Waals surface area contributed by atoms with Crippen molar-refractivity contribution in [2.24, 2.45) is 5.92 Å². The standard InChI is InChI=1S/C21H25N5OS2/c1-13-6-7-16(15(3)9-13)24-17(27)11-28-20-18-19(22-12-23-20)25-21(29-18)26-8-4-5-14(2)10-26/h6-7,9,12,14H,4-5,8,10-11H2,1-3H3,(H,24,27)/t14-/m1/s1. The predicted octanol–water partition coefficient (Wildman–Crippen LogP) is 4.67. The highest BCUT2D eigenvalue weighted by atomic mass is 32.2. The van der Waals surface area contributed by atoms with Crippen molar-refractivity contribution in [1.29, 1.82) is 0 Å². The summed E-state index contributed by atoms with van der Waals surface area (Å²) >= 11 is 3.06. The number of nitrogens with zero attached hydrogens (tertiary/aromatic N) is 4. The first-order valence-corrected chi connectivity index (χ1v) is 11.7. The van der Waals surface area contributed by atoms with Gasteiger partial charge in [-0.2, -0.15) is 4.98 Å². The van der Waals surface area contributed by atoms with Crippen LogP contribution in [0.25, 0.3) is 10.3 Å². The molecule has 1 saturated heterocycles. The van der Waals surface area contributed by atoms with Crippen LogP contribution in [-0.2, 0) is 4.79 Å². The van der Waals surface area contributed by atoms with Gasteiger partial charge in [0.05, 0.1) is 5.75 Å². The number of fused-ring (bicyclic) bond motifs is 1. The minimum atomic E-state index is -0.0386. The van der Waals surface area contributed by atoms with Crippen LogP contribution in [0, 0.1) is 19.8 Å². The molecule has 1 aliphatic rings. The van der Waals surface area contributed by atoms with Crippen molar-refractivity contribution in [2.45, 2.75) is 38.6 Å². The first kappa shape index (κ1) is 20.1. The average Bonchev–Trinajstić information content (AvgIpc) is 3.13. The summed E-state index contributed by atoms with van der Waals surface area (Å²) in [5.41, 5.74) is 3.82. The minimum absolute atomic E-state index is 0.0386. The summed E-state index contributed by atoms with van der Waals surface area (Å²) in [5, 5.41) is 4.82. The summed E-state index contributed by atoms with van der Waals surface area (Å²) in [6, 6.07) is 6.02. The molecule has 4 rings (SSSR count). The monoisotopic (exact) mass is 427 g/mol. The summed E-state index contributed by atoms with van der Waals surface area (Å²) in [5.74, 6) is 0.945. The fourth-order valence-corrected chi connectivity index (χ4v) is 5.52. The second kappa shape index (κ2) is 8.67. The number of aryl methyl sites for hydroxylation is 2. The van der Waals surface area contributed by atoms with Crippen LogP contribution in [0.1, 0.15) is 30.9 Å². The Labute approximate surface area is 179 Å². The molecule has 2 aromatic heterocycles. The van der Waals surface area contributed by atoms with Gasteiger partial charge in [0.1, 0.15) is 16.1 Å². The Morgan fingerprint density at radius 3 is 3.00 bits per heavy atom. The Balaban J connectivity index is 1.45. The molecule has 3 aromatic rings. The van der Waals surface area contributed by atoms with Gasteiger partial charge >= 0.3 is 0 Å². The lowest BCUT2D eigenvalue weighted by atomic mass is 10.0. The quantitative estimate of drug-likeness (QED) is 0.471. The first-order valence-electron chi connectivity index (χ1n) is 9.86. The summed E-state index contributed by atoms with van der Waals surface area (Å²) in [6.45, 7) is 8.41. The van der Waals surface area contributed by atoms with E-state index in [9.17, 15) is 4.79 Å². The highest BCUT2D eigenvalue weighted by Crippen LogP contribution is 2.35. The Hall–Kier alpha value is -2.19. The third-order valence-corrected chi connectivity index (χ3v) is 7.30. The average molecular weight is 428 g/mol.